The van der Waals surface area contributed by atoms with Gasteiger partial charge in [0.2, 0.25) is 0 Å². The molecule has 90 valence electrons. The van der Waals surface area contributed by atoms with E-state index in [1.54, 1.807) is 11.3 Å². The minimum atomic E-state index is 0.433. The molecule has 1 aromatic carbocycles. The van der Waals surface area contributed by atoms with E-state index in [4.69, 9.17) is 0 Å². The molecule has 0 saturated carbocycles. The van der Waals surface area contributed by atoms with E-state index in [-0.39, 0.29) is 0 Å². The molecule has 0 fully saturated rings. The average molecular weight is 310 g/mol. The van der Waals surface area contributed by atoms with Crippen LogP contribution in [0.3, 0.4) is 0 Å². The molecule has 0 amide bonds. The monoisotopic (exact) mass is 309 g/mol. The van der Waals surface area contributed by atoms with Gasteiger partial charge in [0.1, 0.15) is 0 Å². The van der Waals surface area contributed by atoms with Crippen molar-refractivity contribution in [1.82, 2.24) is 5.32 Å². The molecule has 0 aliphatic carbocycles. The number of aryl methyl sites for hydroxylation is 1. The van der Waals surface area contributed by atoms with Crippen molar-refractivity contribution in [3.63, 3.8) is 0 Å². The molecule has 0 saturated heterocycles. The van der Waals surface area contributed by atoms with Crippen LogP contribution in [0.1, 0.15) is 23.6 Å². The van der Waals surface area contributed by atoms with Crippen LogP contribution in [-0.2, 0) is 6.42 Å². The summed E-state index contributed by atoms with van der Waals surface area (Å²) in [5.74, 6) is 0. The molecule has 2 aromatic rings. The molecular weight excluding hydrogens is 294 g/mol. The Balaban J connectivity index is 1.99. The first-order valence-electron chi connectivity index (χ1n) is 5.73. The largest absolute Gasteiger partial charge is 0.313 e. The molecule has 1 atom stereocenters. The number of benzene rings is 1. The molecule has 0 aliphatic rings. The van der Waals surface area contributed by atoms with Gasteiger partial charge in [0.05, 0.1) is 0 Å². The lowest BCUT2D eigenvalue weighted by atomic mass is 10.0. The molecule has 0 spiro atoms. The van der Waals surface area contributed by atoms with Gasteiger partial charge in [0, 0.05) is 10.5 Å². The maximum absolute atomic E-state index is 3.47. The van der Waals surface area contributed by atoms with Gasteiger partial charge < -0.3 is 5.32 Å². The summed E-state index contributed by atoms with van der Waals surface area (Å²) in [7, 11) is 2.03. The third-order valence-corrected chi connectivity index (χ3v) is 4.18. The van der Waals surface area contributed by atoms with Crippen molar-refractivity contribution < 1.29 is 0 Å². The minimum Gasteiger partial charge on any atom is -0.313 e. The Hall–Kier alpha value is -0.640. The normalized spacial score (nSPS) is 12.6. The van der Waals surface area contributed by atoms with Crippen LogP contribution in [-0.4, -0.2) is 7.05 Å². The van der Waals surface area contributed by atoms with Crippen molar-refractivity contribution in [2.75, 3.05) is 7.05 Å². The number of halogens is 1. The Kier molecular flexibility index (Phi) is 4.77. The van der Waals surface area contributed by atoms with Crippen molar-refractivity contribution in [2.45, 2.75) is 18.9 Å². The molecule has 0 bridgehead atoms. The van der Waals surface area contributed by atoms with Crippen LogP contribution < -0.4 is 5.32 Å². The number of hydrogen-bond donors (Lipinski definition) is 1. The van der Waals surface area contributed by atoms with Crippen molar-refractivity contribution in [1.29, 1.82) is 0 Å². The van der Waals surface area contributed by atoms with E-state index in [9.17, 15) is 0 Å². The van der Waals surface area contributed by atoms with Gasteiger partial charge in [-0.05, 0) is 60.0 Å². The second-order valence-corrected chi connectivity index (χ2v) is 5.76. The topological polar surface area (TPSA) is 12.0 Å². The molecule has 2 rings (SSSR count). The molecule has 1 N–H and O–H groups in total. The van der Waals surface area contributed by atoms with Crippen molar-refractivity contribution in [3.05, 3.63) is 56.7 Å². The zero-order valence-corrected chi connectivity index (χ0v) is 12.2. The molecule has 1 unspecified atom stereocenters. The van der Waals surface area contributed by atoms with Crippen LogP contribution in [0.25, 0.3) is 0 Å². The van der Waals surface area contributed by atoms with E-state index >= 15 is 0 Å². The summed E-state index contributed by atoms with van der Waals surface area (Å²) >= 11 is 5.24. The van der Waals surface area contributed by atoms with Gasteiger partial charge >= 0.3 is 0 Å². The SMILES string of the molecule is CNC(CCc1ccsc1)c1ccc(Br)cc1. The zero-order chi connectivity index (χ0) is 12.1. The highest BCUT2D eigenvalue weighted by molar-refractivity contribution is 9.10. The maximum atomic E-state index is 3.47. The Morgan fingerprint density at radius 1 is 1.24 bits per heavy atom. The Labute approximate surface area is 115 Å². The molecule has 1 nitrogen and oxygen atoms in total. The predicted octanol–water partition coefficient (Wildman–Crippen LogP) is 4.40. The van der Waals surface area contributed by atoms with E-state index in [2.05, 4.69) is 62.3 Å². The molecule has 3 heteroatoms. The van der Waals surface area contributed by atoms with Crippen molar-refractivity contribution in [3.8, 4) is 0 Å². The zero-order valence-electron chi connectivity index (χ0n) is 9.82. The smallest absolute Gasteiger partial charge is 0.0320 e. The summed E-state index contributed by atoms with van der Waals surface area (Å²) in [5.41, 5.74) is 2.79. The van der Waals surface area contributed by atoms with Crippen molar-refractivity contribution in [2.24, 2.45) is 0 Å². The Bertz CT molecular complexity index is 436. The molecule has 0 aliphatic heterocycles. The first-order chi connectivity index (χ1) is 8.29. The standard InChI is InChI=1S/C14H16BrNS/c1-16-14(7-2-11-8-9-17-10-11)12-3-5-13(15)6-4-12/h3-6,8-10,14,16H,2,7H2,1H3. The third kappa shape index (κ3) is 3.66. The van der Waals surface area contributed by atoms with Gasteiger partial charge in [-0.15, -0.1) is 0 Å². The van der Waals surface area contributed by atoms with Crippen LogP contribution in [0.15, 0.2) is 45.6 Å². The first kappa shape index (κ1) is 12.8. The van der Waals surface area contributed by atoms with Gasteiger partial charge in [0.15, 0.2) is 0 Å². The van der Waals surface area contributed by atoms with E-state index in [1.807, 2.05) is 7.05 Å². The fourth-order valence-corrected chi connectivity index (χ4v) is 2.89. The Morgan fingerprint density at radius 3 is 2.59 bits per heavy atom. The molecule has 0 radical (unpaired) electrons. The van der Waals surface area contributed by atoms with Gasteiger partial charge in [-0.25, -0.2) is 0 Å². The number of thiophene rings is 1. The number of hydrogen-bond acceptors (Lipinski definition) is 2. The lowest BCUT2D eigenvalue weighted by Gasteiger charge is -2.16. The van der Waals surface area contributed by atoms with E-state index in [1.165, 1.54) is 11.1 Å². The minimum absolute atomic E-state index is 0.433. The van der Waals surface area contributed by atoms with Crippen LogP contribution >= 0.6 is 27.3 Å². The summed E-state index contributed by atoms with van der Waals surface area (Å²) in [6.07, 6.45) is 2.26. The van der Waals surface area contributed by atoms with Crippen LogP contribution in [0.5, 0.6) is 0 Å². The number of nitrogens with one attached hydrogen (secondary N) is 1. The average Bonchev–Trinajstić information content (AvgIpc) is 2.85. The van der Waals surface area contributed by atoms with Crippen LogP contribution in [0.2, 0.25) is 0 Å². The Morgan fingerprint density at radius 2 is 2.00 bits per heavy atom. The highest BCUT2D eigenvalue weighted by Gasteiger charge is 2.09. The van der Waals surface area contributed by atoms with Gasteiger partial charge in [-0.3, -0.25) is 0 Å². The van der Waals surface area contributed by atoms with Crippen molar-refractivity contribution >= 4 is 27.3 Å². The predicted molar refractivity (Wildman–Crippen MR) is 78.6 cm³/mol. The molecule has 1 heterocycles. The van der Waals surface area contributed by atoms with Gasteiger partial charge in [-0.1, -0.05) is 28.1 Å². The highest BCUT2D eigenvalue weighted by atomic mass is 79.9. The molecule has 1 aromatic heterocycles. The summed E-state index contributed by atoms with van der Waals surface area (Å²) in [6.45, 7) is 0. The van der Waals surface area contributed by atoms with Crippen LogP contribution in [0.4, 0.5) is 0 Å². The molecular formula is C14H16BrNS. The summed E-state index contributed by atoms with van der Waals surface area (Å²) in [5, 5.41) is 7.76. The van der Waals surface area contributed by atoms with Crippen LogP contribution in [0, 0.1) is 0 Å². The quantitative estimate of drug-likeness (QED) is 0.863. The summed E-state index contributed by atoms with van der Waals surface area (Å²) < 4.78 is 1.13. The summed E-state index contributed by atoms with van der Waals surface area (Å²) in [6, 6.07) is 11.2. The van der Waals surface area contributed by atoms with E-state index in [0.717, 1.165) is 17.3 Å². The van der Waals surface area contributed by atoms with Gasteiger partial charge in [0.25, 0.3) is 0 Å². The highest BCUT2D eigenvalue weighted by Crippen LogP contribution is 2.21. The lowest BCUT2D eigenvalue weighted by molar-refractivity contribution is 0.549. The second-order valence-electron chi connectivity index (χ2n) is 4.06. The fraction of sp³-hybridized carbons (Fsp3) is 0.286. The van der Waals surface area contributed by atoms with E-state index in [0.29, 0.717) is 6.04 Å². The second kappa shape index (κ2) is 6.34. The summed E-state index contributed by atoms with van der Waals surface area (Å²) in [4.78, 5) is 0. The lowest BCUT2D eigenvalue weighted by Crippen LogP contribution is -2.16. The van der Waals surface area contributed by atoms with E-state index < -0.39 is 0 Å². The third-order valence-electron chi connectivity index (χ3n) is 2.92. The van der Waals surface area contributed by atoms with Gasteiger partial charge in [-0.2, -0.15) is 11.3 Å². The fourth-order valence-electron chi connectivity index (χ4n) is 1.92. The first-order valence-corrected chi connectivity index (χ1v) is 7.47. The number of rotatable bonds is 5. The maximum Gasteiger partial charge on any atom is 0.0320 e. The molecule has 17 heavy (non-hydrogen) atoms.